The zero-order valence-electron chi connectivity index (χ0n) is 10.1. The lowest BCUT2D eigenvalue weighted by Crippen LogP contribution is -2.33. The number of hydrogen-bond donors (Lipinski definition) is 0. The fraction of sp³-hybridized carbons (Fsp3) is 0.333. The third-order valence-electron chi connectivity index (χ3n) is 2.18. The topological polar surface area (TPSA) is 46.6 Å². The lowest BCUT2D eigenvalue weighted by molar-refractivity contribution is -0.143. The molecule has 1 aromatic carbocycles. The molecule has 0 atom stereocenters. The fourth-order valence-electron chi connectivity index (χ4n) is 1.34. The zero-order chi connectivity index (χ0) is 13.7. The van der Waals surface area contributed by atoms with Crippen LogP contribution < -0.4 is 0 Å². The number of amides is 1. The van der Waals surface area contributed by atoms with Crippen molar-refractivity contribution in [2.75, 3.05) is 20.2 Å². The van der Waals surface area contributed by atoms with E-state index in [0.29, 0.717) is 17.2 Å². The van der Waals surface area contributed by atoms with Crippen LogP contribution in [0.4, 0.5) is 0 Å². The van der Waals surface area contributed by atoms with Crippen LogP contribution in [0.15, 0.2) is 18.2 Å². The average molecular weight is 382 g/mol. The molecule has 1 aromatic rings. The molecule has 98 valence electrons. The number of benzene rings is 1. The molecule has 6 heteroatoms. The lowest BCUT2D eigenvalue weighted by atomic mass is 10.2. The van der Waals surface area contributed by atoms with Crippen molar-refractivity contribution in [3.8, 4) is 0 Å². The van der Waals surface area contributed by atoms with Crippen molar-refractivity contribution in [2.45, 2.75) is 6.92 Å². The van der Waals surface area contributed by atoms with Gasteiger partial charge in [-0.05, 0) is 47.7 Å². The van der Waals surface area contributed by atoms with Gasteiger partial charge in [-0.2, -0.15) is 0 Å². The van der Waals surface area contributed by atoms with Gasteiger partial charge in [0.1, 0.15) is 6.54 Å². The van der Waals surface area contributed by atoms with Crippen molar-refractivity contribution in [2.24, 2.45) is 0 Å². The van der Waals surface area contributed by atoms with Gasteiger partial charge in [0.15, 0.2) is 0 Å². The Bertz CT molecular complexity index is 465. The summed E-state index contributed by atoms with van der Waals surface area (Å²) in [7, 11) is 1.56. The maximum atomic E-state index is 12.1. The molecule has 0 fully saturated rings. The monoisotopic (exact) mass is 381 g/mol. The molecule has 0 bridgehead atoms. The van der Waals surface area contributed by atoms with Crippen LogP contribution in [-0.4, -0.2) is 37.0 Å². The van der Waals surface area contributed by atoms with Crippen molar-refractivity contribution in [1.82, 2.24) is 4.90 Å². The molecule has 0 unspecified atom stereocenters. The van der Waals surface area contributed by atoms with Gasteiger partial charge in [-0.1, -0.05) is 11.6 Å². The molecule has 18 heavy (non-hydrogen) atoms. The molecule has 0 aliphatic rings. The van der Waals surface area contributed by atoms with Crippen molar-refractivity contribution in [3.63, 3.8) is 0 Å². The van der Waals surface area contributed by atoms with Crippen molar-refractivity contribution in [3.05, 3.63) is 32.4 Å². The Labute approximate surface area is 124 Å². The van der Waals surface area contributed by atoms with E-state index in [4.69, 9.17) is 16.3 Å². The van der Waals surface area contributed by atoms with E-state index in [1.54, 1.807) is 32.2 Å². The molecule has 0 aliphatic heterocycles. The number of ether oxygens (including phenoxy) is 1. The molecule has 0 heterocycles. The first-order chi connectivity index (χ1) is 8.45. The van der Waals surface area contributed by atoms with Gasteiger partial charge in [0, 0.05) is 15.6 Å². The molecule has 1 amide bonds. The van der Waals surface area contributed by atoms with E-state index in [-0.39, 0.29) is 12.5 Å². The number of carbonyl (C=O) groups is 2. The number of esters is 1. The van der Waals surface area contributed by atoms with Crippen LogP contribution in [0.2, 0.25) is 5.02 Å². The number of carbonyl (C=O) groups excluding carboxylic acids is 2. The Morgan fingerprint density at radius 2 is 2.11 bits per heavy atom. The highest BCUT2D eigenvalue weighted by molar-refractivity contribution is 14.1. The van der Waals surface area contributed by atoms with Gasteiger partial charge in [0.2, 0.25) is 0 Å². The maximum absolute atomic E-state index is 12.1. The van der Waals surface area contributed by atoms with Crippen molar-refractivity contribution in [1.29, 1.82) is 0 Å². The molecule has 1 rings (SSSR count). The summed E-state index contributed by atoms with van der Waals surface area (Å²) in [6.07, 6.45) is 0. The largest absolute Gasteiger partial charge is 0.465 e. The molecule has 4 nitrogen and oxygen atoms in total. The third kappa shape index (κ3) is 4.13. The van der Waals surface area contributed by atoms with Crippen LogP contribution in [0.5, 0.6) is 0 Å². The highest BCUT2D eigenvalue weighted by atomic mass is 127. The number of rotatable bonds is 4. The number of halogens is 2. The van der Waals surface area contributed by atoms with Gasteiger partial charge in [0.05, 0.1) is 12.2 Å². The first-order valence-corrected chi connectivity index (χ1v) is 6.77. The van der Waals surface area contributed by atoms with E-state index in [1.807, 2.05) is 22.6 Å². The minimum Gasteiger partial charge on any atom is -0.465 e. The van der Waals surface area contributed by atoms with Crippen LogP contribution in [0.1, 0.15) is 17.3 Å². The highest BCUT2D eigenvalue weighted by Gasteiger charge is 2.17. The van der Waals surface area contributed by atoms with Crippen LogP contribution in [0.25, 0.3) is 0 Å². The quantitative estimate of drug-likeness (QED) is 0.595. The van der Waals surface area contributed by atoms with E-state index >= 15 is 0 Å². The van der Waals surface area contributed by atoms with Gasteiger partial charge in [-0.3, -0.25) is 9.59 Å². The van der Waals surface area contributed by atoms with Gasteiger partial charge < -0.3 is 9.64 Å². The van der Waals surface area contributed by atoms with Crippen molar-refractivity contribution >= 4 is 46.1 Å². The predicted molar refractivity (Wildman–Crippen MR) is 77.8 cm³/mol. The summed E-state index contributed by atoms with van der Waals surface area (Å²) in [5, 5.41) is 0.573. The number of likely N-dealkylation sites (N-methyl/N-ethyl adjacent to an activating group) is 1. The minimum absolute atomic E-state index is 0.0641. The summed E-state index contributed by atoms with van der Waals surface area (Å²) in [6, 6.07) is 5.00. The molecular formula is C12H13ClINO3. The zero-order valence-corrected chi connectivity index (χ0v) is 13.0. The standard InChI is InChI=1S/C12H13ClINO3/c1-3-18-11(16)7-15(2)12(17)9-5-4-8(13)6-10(9)14/h4-6H,3,7H2,1-2H3. The molecule has 0 aliphatic carbocycles. The molecule has 0 spiro atoms. The summed E-state index contributed by atoms with van der Waals surface area (Å²) in [4.78, 5) is 24.7. The van der Waals surface area contributed by atoms with Gasteiger partial charge in [-0.25, -0.2) is 0 Å². The van der Waals surface area contributed by atoms with E-state index in [0.717, 1.165) is 3.57 Å². The molecule has 0 saturated heterocycles. The molecule has 0 aromatic heterocycles. The van der Waals surface area contributed by atoms with Gasteiger partial charge in [-0.15, -0.1) is 0 Å². The second-order valence-electron chi connectivity index (χ2n) is 3.59. The first-order valence-electron chi connectivity index (χ1n) is 5.31. The van der Waals surface area contributed by atoms with E-state index in [9.17, 15) is 9.59 Å². The first kappa shape index (κ1) is 15.2. The van der Waals surface area contributed by atoms with Gasteiger partial charge >= 0.3 is 5.97 Å². The summed E-state index contributed by atoms with van der Waals surface area (Å²) in [5.41, 5.74) is 0.520. The average Bonchev–Trinajstić information content (AvgIpc) is 2.28. The molecule has 0 saturated carbocycles. The van der Waals surface area contributed by atoms with Crippen LogP contribution in [-0.2, 0) is 9.53 Å². The summed E-state index contributed by atoms with van der Waals surface area (Å²) >= 11 is 7.86. The number of hydrogen-bond acceptors (Lipinski definition) is 3. The van der Waals surface area contributed by atoms with Crippen molar-refractivity contribution < 1.29 is 14.3 Å². The third-order valence-corrected chi connectivity index (χ3v) is 3.31. The minimum atomic E-state index is -0.419. The summed E-state index contributed by atoms with van der Waals surface area (Å²) < 4.78 is 5.54. The molecular weight excluding hydrogens is 368 g/mol. The Hall–Kier alpha value is -0.820. The van der Waals surface area contributed by atoms with E-state index < -0.39 is 5.97 Å². The smallest absolute Gasteiger partial charge is 0.325 e. The second-order valence-corrected chi connectivity index (χ2v) is 5.19. The van der Waals surface area contributed by atoms with E-state index in [1.165, 1.54) is 4.90 Å². The molecule has 0 radical (unpaired) electrons. The SMILES string of the molecule is CCOC(=O)CN(C)C(=O)c1ccc(Cl)cc1I. The van der Waals surface area contributed by atoms with Crippen LogP contribution in [0.3, 0.4) is 0 Å². The van der Waals surface area contributed by atoms with Crippen LogP contribution in [0, 0.1) is 3.57 Å². The fourth-order valence-corrected chi connectivity index (χ4v) is 2.44. The normalized spacial score (nSPS) is 10.0. The van der Waals surface area contributed by atoms with E-state index in [2.05, 4.69) is 0 Å². The van der Waals surface area contributed by atoms with Gasteiger partial charge in [0.25, 0.3) is 5.91 Å². The Balaban J connectivity index is 2.77. The highest BCUT2D eigenvalue weighted by Crippen LogP contribution is 2.19. The summed E-state index contributed by atoms with van der Waals surface area (Å²) in [5.74, 6) is -0.651. The Kier molecular flexibility index (Phi) is 5.87. The molecule has 0 N–H and O–H groups in total. The summed E-state index contributed by atoms with van der Waals surface area (Å²) in [6.45, 7) is 1.96. The lowest BCUT2D eigenvalue weighted by Gasteiger charge is -2.17. The second kappa shape index (κ2) is 6.94. The number of nitrogens with zero attached hydrogens (tertiary/aromatic N) is 1. The predicted octanol–water partition coefficient (Wildman–Crippen LogP) is 2.58. The maximum Gasteiger partial charge on any atom is 0.325 e. The Morgan fingerprint density at radius 3 is 2.67 bits per heavy atom. The van der Waals surface area contributed by atoms with Crippen LogP contribution >= 0.6 is 34.2 Å². The Morgan fingerprint density at radius 1 is 1.44 bits per heavy atom.